The van der Waals surface area contributed by atoms with Crippen molar-refractivity contribution in [2.24, 2.45) is 5.73 Å². The van der Waals surface area contributed by atoms with Gasteiger partial charge in [0.15, 0.2) is 17.3 Å². The first-order chi connectivity index (χ1) is 17.9. The van der Waals surface area contributed by atoms with E-state index in [2.05, 4.69) is 20.6 Å². The number of aromatic nitrogens is 2. The smallest absolute Gasteiger partial charge is 0.271 e. The van der Waals surface area contributed by atoms with E-state index in [0.29, 0.717) is 42.1 Å². The van der Waals surface area contributed by atoms with Gasteiger partial charge in [-0.15, -0.1) is 0 Å². The second kappa shape index (κ2) is 14.0. The van der Waals surface area contributed by atoms with Crippen LogP contribution in [0.2, 0.25) is 0 Å². The summed E-state index contributed by atoms with van der Waals surface area (Å²) in [5, 5.41) is 5.70. The van der Waals surface area contributed by atoms with Crippen molar-refractivity contribution in [3.8, 4) is 0 Å². The molecule has 0 aliphatic carbocycles. The Kier molecular flexibility index (Phi) is 11.1. The average Bonchev–Trinajstić information content (AvgIpc) is 2.82. The number of aryl methyl sites for hydroxylation is 1. The first-order valence-electron chi connectivity index (χ1n) is 12.2. The highest BCUT2D eigenvalue weighted by Crippen LogP contribution is 2.25. The maximum atomic E-state index is 14.4. The average molecular weight is 529 g/mol. The number of anilines is 3. The zero-order valence-electron chi connectivity index (χ0n) is 22.8. The van der Waals surface area contributed by atoms with Gasteiger partial charge in [-0.05, 0) is 50.7 Å². The number of carbonyl (C=O) groups is 3. The van der Waals surface area contributed by atoms with E-state index in [1.807, 2.05) is 25.9 Å². The Hall–Kier alpha value is -4.06. The van der Waals surface area contributed by atoms with Gasteiger partial charge in [0.2, 0.25) is 11.8 Å². The molecular weight excluding hydrogens is 491 g/mol. The maximum Gasteiger partial charge on any atom is 0.271 e. The van der Waals surface area contributed by atoms with Crippen LogP contribution >= 0.6 is 0 Å². The summed E-state index contributed by atoms with van der Waals surface area (Å²) in [6.07, 6.45) is 4.04. The molecule has 0 atom stereocenters. The van der Waals surface area contributed by atoms with Crippen molar-refractivity contribution in [1.29, 1.82) is 0 Å². The Morgan fingerprint density at radius 1 is 1.08 bits per heavy atom. The molecule has 3 amide bonds. The number of halogens is 1. The molecule has 0 unspecified atom stereocenters. The topological polar surface area (TPSA) is 137 Å². The molecule has 0 aliphatic rings. The van der Waals surface area contributed by atoms with Gasteiger partial charge in [0.1, 0.15) is 5.82 Å². The van der Waals surface area contributed by atoms with Crippen molar-refractivity contribution in [3.63, 3.8) is 0 Å². The summed E-state index contributed by atoms with van der Waals surface area (Å²) in [6, 6.07) is 4.31. The van der Waals surface area contributed by atoms with Crippen molar-refractivity contribution >= 4 is 35.0 Å². The van der Waals surface area contributed by atoms with E-state index in [4.69, 9.17) is 5.73 Å². The van der Waals surface area contributed by atoms with E-state index < -0.39 is 11.7 Å². The Bertz CT molecular complexity index is 1180. The summed E-state index contributed by atoms with van der Waals surface area (Å²) in [5.74, 6) is -1.17. The van der Waals surface area contributed by atoms with Crippen LogP contribution in [0.1, 0.15) is 28.7 Å². The number of nitrogens with one attached hydrogen (secondary N) is 2. The number of carbonyl (C=O) groups excluding carboxylic acids is 3. The lowest BCUT2D eigenvalue weighted by molar-refractivity contribution is -0.131. The fourth-order valence-electron chi connectivity index (χ4n) is 3.51. The fraction of sp³-hybridized carbons (Fsp3) is 0.423. The Morgan fingerprint density at radius 2 is 1.79 bits per heavy atom. The van der Waals surface area contributed by atoms with Crippen LogP contribution in [-0.2, 0) is 22.4 Å². The first kappa shape index (κ1) is 30.2. The number of nitrogens with two attached hydrogens (primary N) is 1. The van der Waals surface area contributed by atoms with Crippen molar-refractivity contribution in [1.82, 2.24) is 25.1 Å². The predicted octanol–water partition coefficient (Wildman–Crippen LogP) is 1.32. The number of hydrogen-bond donors (Lipinski definition) is 3. The summed E-state index contributed by atoms with van der Waals surface area (Å²) in [7, 11) is 8.94. The van der Waals surface area contributed by atoms with Gasteiger partial charge in [0, 0.05) is 46.0 Å². The van der Waals surface area contributed by atoms with Gasteiger partial charge in [0.05, 0.1) is 12.2 Å². The zero-order valence-corrected chi connectivity index (χ0v) is 22.8. The summed E-state index contributed by atoms with van der Waals surface area (Å²) in [6.45, 7) is 2.65. The second-order valence-corrected chi connectivity index (χ2v) is 9.24. The third-order valence-electron chi connectivity index (χ3n) is 5.38. The van der Waals surface area contributed by atoms with E-state index in [1.165, 1.54) is 23.1 Å². The van der Waals surface area contributed by atoms with E-state index in [9.17, 15) is 18.8 Å². The van der Waals surface area contributed by atoms with Gasteiger partial charge in [-0.1, -0.05) is 13.0 Å². The van der Waals surface area contributed by atoms with Crippen LogP contribution in [0.15, 0.2) is 30.4 Å². The largest absolute Gasteiger partial charge is 0.364 e. The molecule has 0 fully saturated rings. The van der Waals surface area contributed by atoms with Crippen LogP contribution < -0.4 is 21.3 Å². The van der Waals surface area contributed by atoms with Crippen LogP contribution in [-0.4, -0.2) is 92.4 Å². The molecule has 12 heteroatoms. The quantitative estimate of drug-likeness (QED) is 0.331. The monoisotopic (exact) mass is 528 g/mol. The number of rotatable bonds is 13. The molecule has 0 aliphatic heterocycles. The van der Waals surface area contributed by atoms with Crippen LogP contribution in [0.4, 0.5) is 21.7 Å². The van der Waals surface area contributed by atoms with Crippen LogP contribution in [0.3, 0.4) is 0 Å². The van der Waals surface area contributed by atoms with E-state index in [-0.39, 0.29) is 36.4 Å². The number of amides is 3. The van der Waals surface area contributed by atoms with Crippen LogP contribution in [0, 0.1) is 5.82 Å². The standard InChI is InChI=1S/C26H37FN8O3/c1-7-20-26(34(4)5)32-25(23(31-20)24(28)38)30-19-14-17(13-18(27)15-19)10-11-29-21(36)16-35(6)22(37)9-8-12-33(2)3/h8-9,13-15H,7,10-12,16H2,1-6H3,(H2,28,38)(H,29,36)(H,30,32)/b9-8+. The van der Waals surface area contributed by atoms with Gasteiger partial charge in [-0.2, -0.15) is 0 Å². The first-order valence-corrected chi connectivity index (χ1v) is 12.2. The number of nitrogens with zero attached hydrogens (tertiary/aromatic N) is 5. The molecule has 2 aromatic rings. The highest BCUT2D eigenvalue weighted by molar-refractivity contribution is 5.96. The van der Waals surface area contributed by atoms with Crippen LogP contribution in [0.5, 0.6) is 0 Å². The lowest BCUT2D eigenvalue weighted by Gasteiger charge is -2.18. The van der Waals surface area contributed by atoms with E-state index >= 15 is 0 Å². The summed E-state index contributed by atoms with van der Waals surface area (Å²) in [5.41, 5.74) is 7.05. The third kappa shape index (κ3) is 9.11. The minimum Gasteiger partial charge on any atom is -0.364 e. The molecule has 0 saturated carbocycles. The van der Waals surface area contributed by atoms with Gasteiger partial charge in [-0.3, -0.25) is 14.4 Å². The van der Waals surface area contributed by atoms with E-state index in [1.54, 1.807) is 38.2 Å². The maximum absolute atomic E-state index is 14.4. The minimum atomic E-state index is -0.754. The molecule has 4 N–H and O–H groups in total. The minimum absolute atomic E-state index is 0.0410. The molecule has 0 radical (unpaired) electrons. The zero-order chi connectivity index (χ0) is 28.4. The molecule has 206 valence electrons. The summed E-state index contributed by atoms with van der Waals surface area (Å²) >= 11 is 0. The second-order valence-electron chi connectivity index (χ2n) is 9.24. The molecular formula is C26H37FN8O3. The molecule has 2 rings (SSSR count). The normalized spacial score (nSPS) is 11.1. The molecule has 1 aromatic heterocycles. The highest BCUT2D eigenvalue weighted by atomic mass is 19.1. The highest BCUT2D eigenvalue weighted by Gasteiger charge is 2.18. The molecule has 0 saturated heterocycles. The van der Waals surface area contributed by atoms with Gasteiger partial charge >= 0.3 is 0 Å². The van der Waals surface area contributed by atoms with Crippen molar-refractivity contribution in [2.45, 2.75) is 19.8 Å². The van der Waals surface area contributed by atoms with Crippen molar-refractivity contribution in [3.05, 3.63) is 53.1 Å². The Labute approximate surface area is 222 Å². The van der Waals surface area contributed by atoms with Gasteiger partial charge in [0.25, 0.3) is 5.91 Å². The number of hydrogen-bond acceptors (Lipinski definition) is 8. The molecule has 1 heterocycles. The summed E-state index contributed by atoms with van der Waals surface area (Å²) in [4.78, 5) is 50.2. The number of benzene rings is 1. The molecule has 1 aromatic carbocycles. The number of primary amides is 1. The Balaban J connectivity index is 2.06. The van der Waals surface area contributed by atoms with Gasteiger partial charge < -0.3 is 31.1 Å². The predicted molar refractivity (Wildman–Crippen MR) is 146 cm³/mol. The van der Waals surface area contributed by atoms with Crippen molar-refractivity contribution < 1.29 is 18.8 Å². The number of likely N-dealkylation sites (N-methyl/N-ethyl adjacent to an activating group) is 2. The SMILES string of the molecule is CCc1nc(C(N)=O)c(Nc2cc(F)cc(CCNC(=O)CN(C)C(=O)/C=C/CN(C)C)c2)nc1N(C)C. The molecule has 11 nitrogen and oxygen atoms in total. The third-order valence-corrected chi connectivity index (χ3v) is 5.38. The lowest BCUT2D eigenvalue weighted by Crippen LogP contribution is -2.38. The molecule has 0 bridgehead atoms. The van der Waals surface area contributed by atoms with E-state index in [0.717, 1.165) is 0 Å². The Morgan fingerprint density at radius 3 is 2.39 bits per heavy atom. The fourth-order valence-corrected chi connectivity index (χ4v) is 3.51. The molecule has 0 spiro atoms. The summed E-state index contributed by atoms with van der Waals surface area (Å²) < 4.78 is 14.4. The van der Waals surface area contributed by atoms with Crippen LogP contribution in [0.25, 0.3) is 0 Å². The van der Waals surface area contributed by atoms with Gasteiger partial charge in [-0.25, -0.2) is 14.4 Å². The lowest BCUT2D eigenvalue weighted by atomic mass is 10.1. The van der Waals surface area contributed by atoms with Crippen molar-refractivity contribution in [2.75, 3.05) is 65.1 Å². The molecule has 38 heavy (non-hydrogen) atoms.